The van der Waals surface area contributed by atoms with Gasteiger partial charge in [0.2, 0.25) is 17.7 Å². The van der Waals surface area contributed by atoms with E-state index < -0.39 is 36.9 Å². The Morgan fingerprint density at radius 1 is 0.924 bits per heavy atom. The maximum absolute atomic E-state index is 15.3. The third-order valence-electron chi connectivity index (χ3n) is 14.4. The molecule has 3 amide bonds. The van der Waals surface area contributed by atoms with Crippen LogP contribution >= 0.6 is 23.4 Å². The number of carbonyl (C=O) groups is 3. The second-order valence-corrected chi connectivity index (χ2v) is 22.8. The van der Waals surface area contributed by atoms with Crippen LogP contribution in [0.5, 0.6) is 5.75 Å². The van der Waals surface area contributed by atoms with Crippen molar-refractivity contribution < 1.29 is 32.8 Å². The van der Waals surface area contributed by atoms with Crippen molar-refractivity contribution in [2.75, 3.05) is 92.2 Å². The van der Waals surface area contributed by atoms with E-state index in [0.29, 0.717) is 66.3 Å². The van der Waals surface area contributed by atoms with Crippen molar-refractivity contribution in [1.29, 1.82) is 0 Å². The van der Waals surface area contributed by atoms with Crippen molar-refractivity contribution in [1.82, 2.24) is 25.1 Å². The van der Waals surface area contributed by atoms with Crippen molar-refractivity contribution in [3.05, 3.63) is 82.0 Å². The Hall–Kier alpha value is -4.96. The van der Waals surface area contributed by atoms with Crippen molar-refractivity contribution in [2.24, 2.45) is 5.92 Å². The number of rotatable bonds is 12. The summed E-state index contributed by atoms with van der Waals surface area (Å²) in [5.41, 5.74) is 4.02. The molecule has 0 spiro atoms. The number of imide groups is 1. The molecule has 2 atom stereocenters. The van der Waals surface area contributed by atoms with Gasteiger partial charge in [0, 0.05) is 76.1 Å². The van der Waals surface area contributed by atoms with E-state index in [0.717, 1.165) is 93.0 Å². The van der Waals surface area contributed by atoms with Gasteiger partial charge >= 0.3 is 197 Å². The van der Waals surface area contributed by atoms with Crippen molar-refractivity contribution in [2.45, 2.75) is 70.3 Å². The average molecular weight is 991 g/mol. The summed E-state index contributed by atoms with van der Waals surface area (Å²) >= 11 is 3.63. The number of anilines is 6. The number of para-hydroxylation sites is 1. The van der Waals surface area contributed by atoms with Gasteiger partial charge in [-0.15, -0.1) is 0 Å². The zero-order valence-electron chi connectivity index (χ0n) is 37.6. The molecule has 1 unspecified atom stereocenters. The molecule has 4 N–H and O–H groups in total. The number of hydrogen-bond donors (Lipinski definition) is 4. The first-order valence-corrected chi connectivity index (χ1v) is 26.5. The molecule has 0 bridgehead atoms. The Bertz CT molecular complexity index is 2460. The van der Waals surface area contributed by atoms with Crippen LogP contribution in [0.25, 0.3) is 0 Å². The summed E-state index contributed by atoms with van der Waals surface area (Å²) in [7, 11) is -0.866. The van der Waals surface area contributed by atoms with Crippen molar-refractivity contribution in [3.8, 4) is 5.75 Å². The average Bonchev–Trinajstić information content (AvgIpc) is 4.01. The standard InChI is InChI=1S/C48H59BrF2N9O5P/c1-3-30-24-39(54-48-52-28-35(49)45(56-48)53-38-8-4-5-9-42(38)66(64)22-6-7-23-66)41(65-2)27-40(30)58-16-13-32(14-17-58)57-18-20-59(21-19-57)47(63)31-12-15-60(29-31)33-25-36(50)44(37(51)26-33)34-10-11-43(61)55-46(34)62/h4-5,8-9,24-28,31-32,34,64,66H,3,6-7,10-23,29H2,1-2H3,(H,55,61,62)(H2,52,53,54,56)/t31-,34?/m1/s1. The number of piperidine rings is 2. The number of piperazine rings is 1. The van der Waals surface area contributed by atoms with E-state index in [-0.39, 0.29) is 30.2 Å². The van der Waals surface area contributed by atoms with E-state index in [1.165, 1.54) is 17.7 Å². The molecule has 66 heavy (non-hydrogen) atoms. The molecular weight excluding hydrogens is 931 g/mol. The minimum Gasteiger partial charge on any atom is -0.371 e. The van der Waals surface area contributed by atoms with Crippen LogP contribution in [-0.2, 0) is 20.8 Å². The Labute approximate surface area is 393 Å². The Kier molecular flexibility index (Phi) is 13.8. The van der Waals surface area contributed by atoms with Gasteiger partial charge in [0.05, 0.1) is 11.8 Å². The topological polar surface area (TPSA) is 156 Å². The summed E-state index contributed by atoms with van der Waals surface area (Å²) in [5, 5.41) is 10.1. The number of ether oxygens (including phenoxy) is 1. The van der Waals surface area contributed by atoms with Crippen LogP contribution in [0.2, 0.25) is 0 Å². The molecule has 5 fully saturated rings. The summed E-state index contributed by atoms with van der Waals surface area (Å²) in [6.45, 7) is 7.69. The van der Waals surface area contributed by atoms with E-state index in [1.54, 1.807) is 13.3 Å². The predicted octanol–water partition coefficient (Wildman–Crippen LogP) is 6.81. The second-order valence-electron chi connectivity index (χ2n) is 18.3. The molecular formula is C48H59BrF2N9O5P. The van der Waals surface area contributed by atoms with Gasteiger partial charge in [0.15, 0.2) is 0 Å². The molecule has 3 aromatic carbocycles. The van der Waals surface area contributed by atoms with Crippen LogP contribution in [0, 0.1) is 17.6 Å². The Morgan fingerprint density at radius 3 is 2.33 bits per heavy atom. The minimum absolute atomic E-state index is 0.0305. The number of halogens is 3. The second kappa shape index (κ2) is 19.7. The molecule has 1 aromatic heterocycles. The smallest absolute Gasteiger partial charge is 0.371 e. The summed E-state index contributed by atoms with van der Waals surface area (Å²) in [4.78, 5) is 67.4. The monoisotopic (exact) mass is 989 g/mol. The van der Waals surface area contributed by atoms with E-state index in [4.69, 9.17) is 9.72 Å². The number of carbonyl (C=O) groups excluding carboxylic acids is 3. The molecule has 9 rings (SSSR count). The number of aryl methyl sites for hydroxylation is 1. The number of nitrogens with zero attached hydrogens (tertiary/aromatic N) is 6. The van der Waals surface area contributed by atoms with Gasteiger partial charge < -0.3 is 9.80 Å². The Morgan fingerprint density at radius 2 is 1.64 bits per heavy atom. The third kappa shape index (κ3) is 9.59. The zero-order valence-corrected chi connectivity index (χ0v) is 40.1. The van der Waals surface area contributed by atoms with Gasteiger partial charge in [-0.3, -0.25) is 24.6 Å². The van der Waals surface area contributed by atoms with Crippen molar-refractivity contribution >= 4 is 81.0 Å². The number of amides is 3. The quantitative estimate of drug-likeness (QED) is 0.0871. The summed E-state index contributed by atoms with van der Waals surface area (Å²) < 4.78 is 37.2. The fourth-order valence-electron chi connectivity index (χ4n) is 10.7. The molecule has 0 saturated carbocycles. The summed E-state index contributed by atoms with van der Waals surface area (Å²) in [6.07, 6.45) is 9.08. The summed E-state index contributed by atoms with van der Waals surface area (Å²) in [5.74, 6) is -2.29. The first kappa shape index (κ1) is 46.2. The first-order valence-electron chi connectivity index (χ1n) is 23.4. The number of hydrogen-bond acceptors (Lipinski definition) is 12. The zero-order chi connectivity index (χ0) is 46.1. The summed E-state index contributed by atoms with van der Waals surface area (Å²) in [6, 6.07) is 15.1. The molecule has 18 heteroatoms. The van der Waals surface area contributed by atoms with Crippen LogP contribution in [0.3, 0.4) is 0 Å². The van der Waals surface area contributed by atoms with Crippen LogP contribution in [0.1, 0.15) is 68.9 Å². The van der Waals surface area contributed by atoms with E-state index in [9.17, 15) is 19.3 Å². The van der Waals surface area contributed by atoms with E-state index in [1.807, 2.05) is 34.1 Å². The van der Waals surface area contributed by atoms with Gasteiger partial charge in [0.25, 0.3) is 0 Å². The SMILES string of the molecule is CCc1cc(Nc2ncc(Br)c(Nc3ccccc3[PH]3(O)CCCC3)n2)c(OC)cc1N1CCC(N2CCN(C(=O)[C@@H]3CCN(c4cc(F)c(C5CCC(=O)NC5=O)c(F)c4)C3)CC2)CC1. The predicted molar refractivity (Wildman–Crippen MR) is 259 cm³/mol. The fraction of sp³-hybridized carbons (Fsp3) is 0.479. The van der Waals surface area contributed by atoms with Gasteiger partial charge in [0.1, 0.15) is 11.6 Å². The molecule has 5 saturated heterocycles. The van der Waals surface area contributed by atoms with Crippen LogP contribution in [-0.4, -0.2) is 120 Å². The van der Waals surface area contributed by atoms with Gasteiger partial charge in [-0.1, -0.05) is 0 Å². The number of nitrogens with one attached hydrogen (secondary N) is 3. The molecule has 352 valence electrons. The minimum atomic E-state index is -2.54. The molecule has 0 aliphatic carbocycles. The number of aromatic nitrogens is 2. The fourth-order valence-corrected chi connectivity index (χ4v) is 14.5. The van der Waals surface area contributed by atoms with Crippen LogP contribution in [0.15, 0.2) is 59.2 Å². The van der Waals surface area contributed by atoms with E-state index >= 15 is 8.78 Å². The van der Waals surface area contributed by atoms with E-state index in [2.05, 4.69) is 65.7 Å². The molecule has 14 nitrogen and oxygen atoms in total. The molecule has 0 radical (unpaired) electrons. The Balaban J connectivity index is 0.780. The normalized spacial score (nSPS) is 22.1. The first-order chi connectivity index (χ1) is 31.9. The molecule has 6 heterocycles. The number of benzene rings is 3. The van der Waals surface area contributed by atoms with Crippen LogP contribution < -0.4 is 35.8 Å². The molecule has 5 aliphatic heterocycles. The molecule has 5 aliphatic rings. The maximum atomic E-state index is 15.3. The van der Waals surface area contributed by atoms with Gasteiger partial charge in [-0.2, -0.15) is 0 Å². The van der Waals surface area contributed by atoms with Crippen molar-refractivity contribution in [3.63, 3.8) is 0 Å². The molecule has 4 aromatic rings. The van der Waals surface area contributed by atoms with Gasteiger partial charge in [-0.05, 0) is 37.8 Å². The third-order valence-corrected chi connectivity index (χ3v) is 18.8. The van der Waals surface area contributed by atoms with Gasteiger partial charge in [-0.25, -0.2) is 8.78 Å². The number of methoxy groups -OCH3 is 1. The van der Waals surface area contributed by atoms with Crippen LogP contribution in [0.4, 0.5) is 43.3 Å².